The van der Waals surface area contributed by atoms with Gasteiger partial charge in [-0.25, -0.2) is 4.98 Å². The van der Waals surface area contributed by atoms with E-state index in [9.17, 15) is 4.79 Å². The molecule has 0 N–H and O–H groups in total. The van der Waals surface area contributed by atoms with Gasteiger partial charge in [0.2, 0.25) is 5.75 Å². The maximum absolute atomic E-state index is 13.4. The fourth-order valence-corrected chi connectivity index (χ4v) is 3.68. The molecule has 0 fully saturated rings. The zero-order chi connectivity index (χ0) is 18.8. The van der Waals surface area contributed by atoms with Gasteiger partial charge in [-0.05, 0) is 31.2 Å². The van der Waals surface area contributed by atoms with Crippen LogP contribution in [-0.4, -0.2) is 31.2 Å². The molecule has 0 unspecified atom stereocenters. The Hall–Kier alpha value is -3.06. The van der Waals surface area contributed by atoms with Gasteiger partial charge in [-0.2, -0.15) is 0 Å². The SMILES string of the molecule is COc1cc(C(=O)N(c2ccccc2)c2nc(C)cs2)cc2c1OCCO2. The fraction of sp³-hybridized carbons (Fsp3) is 0.200. The highest BCUT2D eigenvalue weighted by Crippen LogP contribution is 2.41. The zero-order valence-electron chi connectivity index (χ0n) is 15.0. The van der Waals surface area contributed by atoms with E-state index in [-0.39, 0.29) is 5.91 Å². The first-order valence-corrected chi connectivity index (χ1v) is 9.34. The Bertz CT molecular complexity index is 954. The summed E-state index contributed by atoms with van der Waals surface area (Å²) in [5, 5.41) is 2.53. The first-order chi connectivity index (χ1) is 13.2. The number of ether oxygens (including phenoxy) is 3. The molecule has 1 amide bonds. The number of hydrogen-bond donors (Lipinski definition) is 0. The summed E-state index contributed by atoms with van der Waals surface area (Å²) in [5.41, 5.74) is 2.04. The standard InChI is InChI=1S/C20H18N2O4S/c1-13-12-27-20(21-13)22(15-6-4-3-5-7-15)19(23)14-10-16(24-2)18-17(11-14)25-8-9-26-18/h3-7,10-12H,8-9H2,1-2H3. The lowest BCUT2D eigenvalue weighted by molar-refractivity contribution is 0.0997. The molecule has 2 heterocycles. The van der Waals surface area contributed by atoms with Gasteiger partial charge >= 0.3 is 0 Å². The molecule has 6 nitrogen and oxygen atoms in total. The first-order valence-electron chi connectivity index (χ1n) is 8.46. The Labute approximate surface area is 160 Å². The van der Waals surface area contributed by atoms with Crippen LogP contribution in [0.4, 0.5) is 10.8 Å². The van der Waals surface area contributed by atoms with Gasteiger partial charge in [0.25, 0.3) is 5.91 Å². The second kappa shape index (κ2) is 7.28. The number of para-hydroxylation sites is 1. The van der Waals surface area contributed by atoms with Crippen LogP contribution < -0.4 is 19.1 Å². The maximum atomic E-state index is 13.4. The maximum Gasteiger partial charge on any atom is 0.264 e. The molecule has 1 aromatic heterocycles. The number of carbonyl (C=O) groups is 1. The lowest BCUT2D eigenvalue weighted by Crippen LogP contribution is -2.26. The smallest absolute Gasteiger partial charge is 0.264 e. The summed E-state index contributed by atoms with van der Waals surface area (Å²) < 4.78 is 16.7. The van der Waals surface area contributed by atoms with Crippen molar-refractivity contribution in [3.05, 3.63) is 59.1 Å². The van der Waals surface area contributed by atoms with Crippen molar-refractivity contribution in [2.75, 3.05) is 25.2 Å². The summed E-state index contributed by atoms with van der Waals surface area (Å²) in [4.78, 5) is 19.5. The third-order valence-corrected chi connectivity index (χ3v) is 5.03. The number of rotatable bonds is 4. The van der Waals surface area contributed by atoms with Gasteiger partial charge in [0.1, 0.15) is 13.2 Å². The molecule has 1 aliphatic heterocycles. The third kappa shape index (κ3) is 3.33. The Morgan fingerprint density at radius 1 is 1.19 bits per heavy atom. The highest BCUT2D eigenvalue weighted by molar-refractivity contribution is 7.14. The van der Waals surface area contributed by atoms with Crippen molar-refractivity contribution in [1.29, 1.82) is 0 Å². The van der Waals surface area contributed by atoms with Crippen molar-refractivity contribution in [2.24, 2.45) is 0 Å². The van der Waals surface area contributed by atoms with Gasteiger partial charge in [0.05, 0.1) is 18.5 Å². The molecule has 0 saturated carbocycles. The molecular weight excluding hydrogens is 364 g/mol. The molecule has 3 aromatic rings. The zero-order valence-corrected chi connectivity index (χ0v) is 15.8. The minimum absolute atomic E-state index is 0.217. The van der Waals surface area contributed by atoms with Crippen LogP contribution in [0.25, 0.3) is 0 Å². The molecular formula is C20H18N2O4S. The lowest BCUT2D eigenvalue weighted by atomic mass is 10.1. The van der Waals surface area contributed by atoms with E-state index in [1.807, 2.05) is 42.6 Å². The van der Waals surface area contributed by atoms with Crippen LogP contribution >= 0.6 is 11.3 Å². The van der Waals surface area contributed by atoms with E-state index in [0.29, 0.717) is 41.2 Å². The molecule has 4 rings (SSSR count). The van der Waals surface area contributed by atoms with Crippen LogP contribution in [0.15, 0.2) is 47.8 Å². The number of thiazole rings is 1. The molecule has 0 atom stereocenters. The summed E-state index contributed by atoms with van der Waals surface area (Å²) in [6.45, 7) is 2.79. The highest BCUT2D eigenvalue weighted by Gasteiger charge is 2.26. The van der Waals surface area contributed by atoms with Crippen LogP contribution in [0.1, 0.15) is 16.1 Å². The number of aromatic nitrogens is 1. The third-order valence-electron chi connectivity index (χ3n) is 4.09. The van der Waals surface area contributed by atoms with E-state index in [2.05, 4.69) is 4.98 Å². The van der Waals surface area contributed by atoms with Crippen LogP contribution in [0.3, 0.4) is 0 Å². The number of hydrogen-bond acceptors (Lipinski definition) is 6. The molecule has 2 aromatic carbocycles. The molecule has 138 valence electrons. The van der Waals surface area contributed by atoms with Crippen LogP contribution in [-0.2, 0) is 0 Å². The van der Waals surface area contributed by atoms with Gasteiger partial charge in [-0.15, -0.1) is 11.3 Å². The number of fused-ring (bicyclic) bond motifs is 1. The van der Waals surface area contributed by atoms with Crippen molar-refractivity contribution >= 4 is 28.1 Å². The van der Waals surface area contributed by atoms with Gasteiger partial charge in [-0.3, -0.25) is 9.69 Å². The van der Waals surface area contributed by atoms with Crippen LogP contribution in [0, 0.1) is 6.92 Å². The van der Waals surface area contributed by atoms with Crippen LogP contribution in [0.2, 0.25) is 0 Å². The lowest BCUT2D eigenvalue weighted by Gasteiger charge is -2.24. The Morgan fingerprint density at radius 2 is 1.96 bits per heavy atom. The minimum Gasteiger partial charge on any atom is -0.493 e. The van der Waals surface area contributed by atoms with Gasteiger partial charge in [0, 0.05) is 10.9 Å². The Balaban J connectivity index is 1.80. The fourth-order valence-electron chi connectivity index (χ4n) is 2.86. The molecule has 0 spiro atoms. The van der Waals surface area contributed by atoms with E-state index in [1.54, 1.807) is 24.1 Å². The molecule has 0 bridgehead atoms. The summed E-state index contributed by atoms with van der Waals surface area (Å²) in [6.07, 6.45) is 0. The summed E-state index contributed by atoms with van der Waals surface area (Å²) >= 11 is 1.42. The molecule has 27 heavy (non-hydrogen) atoms. The van der Waals surface area contributed by atoms with Gasteiger partial charge < -0.3 is 14.2 Å². The predicted octanol–water partition coefficient (Wildman–Crippen LogP) is 4.21. The van der Waals surface area contributed by atoms with Crippen LogP contribution in [0.5, 0.6) is 17.2 Å². The number of methoxy groups -OCH3 is 1. The van der Waals surface area contributed by atoms with E-state index >= 15 is 0 Å². The monoisotopic (exact) mass is 382 g/mol. The molecule has 0 radical (unpaired) electrons. The normalized spacial score (nSPS) is 12.5. The largest absolute Gasteiger partial charge is 0.493 e. The number of nitrogens with zero attached hydrogens (tertiary/aromatic N) is 2. The number of amides is 1. The van der Waals surface area contributed by atoms with E-state index in [0.717, 1.165) is 11.4 Å². The number of aryl methyl sites for hydroxylation is 1. The summed E-state index contributed by atoms with van der Waals surface area (Å²) in [7, 11) is 1.54. The summed E-state index contributed by atoms with van der Waals surface area (Å²) in [5.74, 6) is 1.29. The number of benzene rings is 2. The topological polar surface area (TPSA) is 60.9 Å². The predicted molar refractivity (Wildman–Crippen MR) is 104 cm³/mol. The summed E-state index contributed by atoms with van der Waals surface area (Å²) in [6, 6.07) is 12.8. The van der Waals surface area contributed by atoms with E-state index < -0.39 is 0 Å². The Morgan fingerprint density at radius 3 is 2.67 bits per heavy atom. The van der Waals surface area contributed by atoms with E-state index in [1.165, 1.54) is 11.3 Å². The average Bonchev–Trinajstić information content (AvgIpc) is 3.13. The molecule has 0 saturated heterocycles. The van der Waals surface area contributed by atoms with Crippen molar-refractivity contribution in [3.63, 3.8) is 0 Å². The highest BCUT2D eigenvalue weighted by atomic mass is 32.1. The molecule has 0 aliphatic carbocycles. The first kappa shape index (κ1) is 17.4. The Kier molecular flexibility index (Phi) is 4.68. The van der Waals surface area contributed by atoms with Gasteiger partial charge in [0.15, 0.2) is 16.6 Å². The quantitative estimate of drug-likeness (QED) is 0.676. The van der Waals surface area contributed by atoms with Crippen molar-refractivity contribution < 1.29 is 19.0 Å². The van der Waals surface area contributed by atoms with E-state index in [4.69, 9.17) is 14.2 Å². The average molecular weight is 382 g/mol. The van der Waals surface area contributed by atoms with Crippen molar-refractivity contribution in [1.82, 2.24) is 4.98 Å². The van der Waals surface area contributed by atoms with Gasteiger partial charge in [-0.1, -0.05) is 18.2 Å². The molecule has 1 aliphatic rings. The minimum atomic E-state index is -0.217. The van der Waals surface area contributed by atoms with Crippen molar-refractivity contribution in [3.8, 4) is 17.2 Å². The molecule has 7 heteroatoms. The number of carbonyl (C=O) groups excluding carboxylic acids is 1. The number of anilines is 2. The second-order valence-electron chi connectivity index (χ2n) is 5.95. The van der Waals surface area contributed by atoms with Crippen molar-refractivity contribution in [2.45, 2.75) is 6.92 Å². The second-order valence-corrected chi connectivity index (χ2v) is 6.79.